The Morgan fingerprint density at radius 2 is 2.00 bits per heavy atom. The molecule has 2 amide bonds. The third-order valence-corrected chi connectivity index (χ3v) is 0.923. The van der Waals surface area contributed by atoms with Crippen molar-refractivity contribution in [2.45, 2.75) is 0 Å². The molecule has 0 bridgehead atoms. The molecule has 0 aromatic heterocycles. The lowest BCUT2D eigenvalue weighted by Gasteiger charge is -2.04. The first-order chi connectivity index (χ1) is 5.11. The highest BCUT2D eigenvalue weighted by Gasteiger charge is 2.07. The molecule has 2 N–H and O–H groups in total. The van der Waals surface area contributed by atoms with E-state index >= 15 is 0 Å². The molecule has 0 spiro atoms. The molecule has 0 heterocycles. The number of carbonyl (C=O) groups excluding carboxylic acids is 2. The molecular formula is C6H10N2O3. The molecule has 0 saturated carbocycles. The molecule has 0 fully saturated rings. The second kappa shape index (κ2) is 4.32. The Balaban J connectivity index is 3.88. The van der Waals surface area contributed by atoms with Gasteiger partial charge in [0.1, 0.15) is 5.70 Å². The van der Waals surface area contributed by atoms with Gasteiger partial charge in [-0.15, -0.1) is 0 Å². The number of hydrogen-bond donors (Lipinski definition) is 2. The molecule has 0 aliphatic rings. The summed E-state index contributed by atoms with van der Waals surface area (Å²) in [6.07, 6.45) is 0. The van der Waals surface area contributed by atoms with Gasteiger partial charge in [0.15, 0.2) is 0 Å². The summed E-state index contributed by atoms with van der Waals surface area (Å²) in [4.78, 5) is 21.2. The van der Waals surface area contributed by atoms with E-state index < -0.39 is 12.0 Å². The predicted molar refractivity (Wildman–Crippen MR) is 38.7 cm³/mol. The number of hydrogen-bond acceptors (Lipinski definition) is 3. The van der Waals surface area contributed by atoms with Gasteiger partial charge in [-0.1, -0.05) is 6.58 Å². The summed E-state index contributed by atoms with van der Waals surface area (Å²) in [6, 6.07) is -0.500. The maximum absolute atomic E-state index is 10.6. The van der Waals surface area contributed by atoms with Crippen LogP contribution in [0.5, 0.6) is 0 Å². The first kappa shape index (κ1) is 9.48. The van der Waals surface area contributed by atoms with Crippen LogP contribution < -0.4 is 10.6 Å². The third-order valence-electron chi connectivity index (χ3n) is 0.923. The monoisotopic (exact) mass is 158 g/mol. The topological polar surface area (TPSA) is 67.4 Å². The number of amides is 2. The smallest absolute Gasteiger partial charge is 0.353 e. The standard InChI is InChI=1S/C6H10N2O3/c1-4(5(9)11-3)8-6(10)7-2/h1H2,2-3H3,(H2,7,8,10). The van der Waals surface area contributed by atoms with Gasteiger partial charge in [-0.05, 0) is 0 Å². The summed E-state index contributed by atoms with van der Waals surface area (Å²) in [5, 5.41) is 4.42. The van der Waals surface area contributed by atoms with Crippen molar-refractivity contribution in [1.82, 2.24) is 10.6 Å². The van der Waals surface area contributed by atoms with Gasteiger partial charge in [0.25, 0.3) is 0 Å². The van der Waals surface area contributed by atoms with Crippen molar-refractivity contribution in [3.05, 3.63) is 12.3 Å². The lowest BCUT2D eigenvalue weighted by Crippen LogP contribution is -2.34. The molecule has 0 aliphatic heterocycles. The average molecular weight is 158 g/mol. The Bertz CT molecular complexity index is 188. The quantitative estimate of drug-likeness (QED) is 0.424. The van der Waals surface area contributed by atoms with E-state index in [1.165, 1.54) is 14.2 Å². The minimum Gasteiger partial charge on any atom is -0.464 e. The number of ether oxygens (including phenoxy) is 1. The Morgan fingerprint density at radius 1 is 1.45 bits per heavy atom. The van der Waals surface area contributed by atoms with Crippen LogP contribution in [0.4, 0.5) is 4.79 Å². The zero-order chi connectivity index (χ0) is 8.85. The largest absolute Gasteiger partial charge is 0.464 e. The van der Waals surface area contributed by atoms with Crippen molar-refractivity contribution in [2.24, 2.45) is 0 Å². The number of nitrogens with one attached hydrogen (secondary N) is 2. The number of esters is 1. The highest BCUT2D eigenvalue weighted by molar-refractivity contribution is 5.92. The summed E-state index contributed by atoms with van der Waals surface area (Å²) in [7, 11) is 2.64. The van der Waals surface area contributed by atoms with Crippen LogP contribution in [-0.4, -0.2) is 26.2 Å². The number of methoxy groups -OCH3 is 1. The van der Waals surface area contributed by atoms with E-state index in [1.807, 2.05) is 0 Å². The van der Waals surface area contributed by atoms with Gasteiger partial charge in [0.05, 0.1) is 7.11 Å². The molecule has 62 valence electrons. The fourth-order valence-electron chi connectivity index (χ4n) is 0.374. The molecule has 5 heteroatoms. The molecule has 0 aromatic carbocycles. The van der Waals surface area contributed by atoms with E-state index in [9.17, 15) is 9.59 Å². The van der Waals surface area contributed by atoms with E-state index in [2.05, 4.69) is 21.9 Å². The SMILES string of the molecule is C=C(NC(=O)NC)C(=O)OC. The van der Waals surface area contributed by atoms with E-state index in [0.29, 0.717) is 0 Å². The zero-order valence-electron chi connectivity index (χ0n) is 6.43. The van der Waals surface area contributed by atoms with Crippen molar-refractivity contribution >= 4 is 12.0 Å². The fourth-order valence-corrected chi connectivity index (χ4v) is 0.374. The second-order valence-corrected chi connectivity index (χ2v) is 1.67. The summed E-state index contributed by atoms with van der Waals surface area (Å²) in [6.45, 7) is 3.27. The fraction of sp³-hybridized carbons (Fsp3) is 0.333. The average Bonchev–Trinajstić information content (AvgIpc) is 2.02. The number of carbonyl (C=O) groups is 2. The van der Waals surface area contributed by atoms with E-state index in [-0.39, 0.29) is 5.70 Å². The van der Waals surface area contributed by atoms with Gasteiger partial charge in [0.2, 0.25) is 0 Å². The molecule has 5 nitrogen and oxygen atoms in total. The Morgan fingerprint density at radius 3 is 2.36 bits per heavy atom. The summed E-state index contributed by atoms with van der Waals surface area (Å²) in [5.41, 5.74) is -0.0909. The van der Waals surface area contributed by atoms with Crippen molar-refractivity contribution < 1.29 is 14.3 Å². The second-order valence-electron chi connectivity index (χ2n) is 1.67. The highest BCUT2D eigenvalue weighted by Crippen LogP contribution is 1.86. The van der Waals surface area contributed by atoms with Gasteiger partial charge >= 0.3 is 12.0 Å². The lowest BCUT2D eigenvalue weighted by molar-refractivity contribution is -0.136. The number of urea groups is 1. The first-order valence-electron chi connectivity index (χ1n) is 2.87. The molecule has 0 atom stereocenters. The minimum atomic E-state index is -0.659. The summed E-state index contributed by atoms with van der Waals surface area (Å²) < 4.78 is 4.28. The lowest BCUT2D eigenvalue weighted by atomic mass is 10.5. The molecule has 0 aliphatic carbocycles. The van der Waals surface area contributed by atoms with Crippen LogP contribution in [0.3, 0.4) is 0 Å². The highest BCUT2D eigenvalue weighted by atomic mass is 16.5. The van der Waals surface area contributed by atoms with Crippen molar-refractivity contribution in [1.29, 1.82) is 0 Å². The maximum atomic E-state index is 10.6. The van der Waals surface area contributed by atoms with Crippen LogP contribution in [0.2, 0.25) is 0 Å². The van der Waals surface area contributed by atoms with Gasteiger partial charge in [-0.25, -0.2) is 9.59 Å². The van der Waals surface area contributed by atoms with Crippen LogP contribution in [0, 0.1) is 0 Å². The summed E-state index contributed by atoms with van der Waals surface area (Å²) >= 11 is 0. The Labute approximate surface area is 64.4 Å². The van der Waals surface area contributed by atoms with Crippen LogP contribution in [-0.2, 0) is 9.53 Å². The van der Waals surface area contributed by atoms with E-state index in [4.69, 9.17) is 0 Å². The van der Waals surface area contributed by atoms with Crippen molar-refractivity contribution in [3.63, 3.8) is 0 Å². The van der Waals surface area contributed by atoms with Gasteiger partial charge in [-0.2, -0.15) is 0 Å². The molecule has 0 unspecified atom stereocenters. The first-order valence-corrected chi connectivity index (χ1v) is 2.87. The minimum absolute atomic E-state index is 0.0909. The van der Waals surface area contributed by atoms with E-state index in [1.54, 1.807) is 0 Å². The van der Waals surface area contributed by atoms with Gasteiger partial charge in [-0.3, -0.25) is 0 Å². The normalized spacial score (nSPS) is 8.18. The molecule has 0 radical (unpaired) electrons. The van der Waals surface area contributed by atoms with Crippen LogP contribution in [0.1, 0.15) is 0 Å². The summed E-state index contributed by atoms with van der Waals surface area (Å²) in [5.74, 6) is -0.659. The van der Waals surface area contributed by atoms with Crippen LogP contribution >= 0.6 is 0 Å². The molecule has 0 saturated heterocycles. The molecular weight excluding hydrogens is 148 g/mol. The maximum Gasteiger partial charge on any atom is 0.353 e. The van der Waals surface area contributed by atoms with Crippen molar-refractivity contribution in [3.8, 4) is 0 Å². The molecule has 11 heavy (non-hydrogen) atoms. The molecule has 0 rings (SSSR count). The van der Waals surface area contributed by atoms with Gasteiger partial charge < -0.3 is 15.4 Å². The predicted octanol–water partition coefficient (Wildman–Crippen LogP) is -0.398. The van der Waals surface area contributed by atoms with Crippen molar-refractivity contribution in [2.75, 3.05) is 14.2 Å². The molecule has 0 aromatic rings. The Kier molecular flexibility index (Phi) is 3.72. The van der Waals surface area contributed by atoms with E-state index in [0.717, 1.165) is 0 Å². The number of rotatable bonds is 2. The zero-order valence-corrected chi connectivity index (χ0v) is 6.43. The van der Waals surface area contributed by atoms with Crippen LogP contribution in [0.15, 0.2) is 12.3 Å². The van der Waals surface area contributed by atoms with Gasteiger partial charge in [0, 0.05) is 7.05 Å². The Hall–Kier alpha value is -1.52. The van der Waals surface area contributed by atoms with Crippen LogP contribution in [0.25, 0.3) is 0 Å². The third kappa shape index (κ3) is 3.24.